The number of amides is 1. The van der Waals surface area contributed by atoms with Gasteiger partial charge in [0.2, 0.25) is 5.91 Å². The van der Waals surface area contributed by atoms with Gasteiger partial charge in [0.1, 0.15) is 11.6 Å². The van der Waals surface area contributed by atoms with Crippen molar-refractivity contribution in [1.29, 1.82) is 0 Å². The van der Waals surface area contributed by atoms with Gasteiger partial charge in [-0.3, -0.25) is 4.79 Å². The number of halogens is 1. The maximum atomic E-state index is 12.3. The summed E-state index contributed by atoms with van der Waals surface area (Å²) >= 11 is 5.79. The fourth-order valence-electron chi connectivity index (χ4n) is 2.46. The van der Waals surface area contributed by atoms with Crippen LogP contribution in [-0.2, 0) is 11.3 Å². The first-order valence-electron chi connectivity index (χ1n) is 7.11. The van der Waals surface area contributed by atoms with Crippen LogP contribution in [-0.4, -0.2) is 18.9 Å². The lowest BCUT2D eigenvalue weighted by atomic mass is 10.1. The predicted molar refractivity (Wildman–Crippen MR) is 90.8 cm³/mol. The smallest absolute Gasteiger partial charge is 0.242 e. The van der Waals surface area contributed by atoms with E-state index in [0.717, 1.165) is 28.1 Å². The fourth-order valence-corrected chi connectivity index (χ4v) is 2.60. The van der Waals surface area contributed by atoms with Crippen molar-refractivity contribution < 1.29 is 9.53 Å². The van der Waals surface area contributed by atoms with Crippen LogP contribution >= 0.6 is 11.6 Å². The normalized spacial score (nSPS) is 10.4. The van der Waals surface area contributed by atoms with Crippen LogP contribution < -0.4 is 9.64 Å². The van der Waals surface area contributed by atoms with E-state index in [1.165, 1.54) is 0 Å². The highest BCUT2D eigenvalue weighted by Gasteiger charge is 2.16. The monoisotopic (exact) mass is 317 g/mol. The van der Waals surface area contributed by atoms with E-state index in [1.54, 1.807) is 12.0 Å². The number of nitrogens with zero attached hydrogens (tertiary/aromatic N) is 1. The number of methoxy groups -OCH3 is 1. The molecule has 3 nitrogen and oxygen atoms in total. The van der Waals surface area contributed by atoms with E-state index in [2.05, 4.69) is 6.07 Å². The molecule has 0 N–H and O–H groups in total. The first-order chi connectivity index (χ1) is 10.5. The third-order valence-electron chi connectivity index (χ3n) is 3.41. The summed E-state index contributed by atoms with van der Waals surface area (Å²) in [5.74, 6) is 0.613. The molecule has 1 amide bonds. The molecule has 116 valence electrons. The second-order valence-electron chi connectivity index (χ2n) is 5.31. The summed E-state index contributed by atoms with van der Waals surface area (Å²) < 4.78 is 5.24. The topological polar surface area (TPSA) is 29.5 Å². The van der Waals surface area contributed by atoms with E-state index < -0.39 is 0 Å². The van der Waals surface area contributed by atoms with Gasteiger partial charge in [-0.15, -0.1) is 11.6 Å². The molecule has 0 aliphatic heterocycles. The van der Waals surface area contributed by atoms with Crippen molar-refractivity contribution in [3.8, 4) is 5.75 Å². The molecule has 22 heavy (non-hydrogen) atoms. The van der Waals surface area contributed by atoms with Crippen LogP contribution in [0.3, 0.4) is 0 Å². The summed E-state index contributed by atoms with van der Waals surface area (Å²) in [4.78, 5) is 14.0. The highest BCUT2D eigenvalue weighted by atomic mass is 35.5. The van der Waals surface area contributed by atoms with Gasteiger partial charge in [-0.1, -0.05) is 18.2 Å². The van der Waals surface area contributed by atoms with Gasteiger partial charge in [0.15, 0.2) is 0 Å². The van der Waals surface area contributed by atoms with Crippen LogP contribution in [0.4, 0.5) is 5.69 Å². The second kappa shape index (κ2) is 7.32. The molecule has 0 saturated carbocycles. The number of carbonyl (C=O) groups excluding carboxylic acids is 1. The lowest BCUT2D eigenvalue weighted by Gasteiger charge is -2.23. The Morgan fingerprint density at radius 2 is 1.82 bits per heavy atom. The molecule has 0 radical (unpaired) electrons. The molecule has 0 bridgehead atoms. The van der Waals surface area contributed by atoms with Crippen LogP contribution in [0.2, 0.25) is 0 Å². The zero-order chi connectivity index (χ0) is 16.1. The maximum absolute atomic E-state index is 12.3. The molecule has 0 aliphatic carbocycles. The van der Waals surface area contributed by atoms with Crippen molar-refractivity contribution in [1.82, 2.24) is 0 Å². The third kappa shape index (κ3) is 4.01. The minimum absolute atomic E-state index is 0.0447. The standard InChI is InChI=1S/C18H20ClNO2/c1-13-7-14(2)9-16(8-13)20(18(21)11-19)12-15-5-4-6-17(10-15)22-3/h4-10H,11-12H2,1-3H3. The second-order valence-corrected chi connectivity index (χ2v) is 5.58. The van der Waals surface area contributed by atoms with E-state index in [-0.39, 0.29) is 11.8 Å². The Bertz CT molecular complexity index is 650. The largest absolute Gasteiger partial charge is 0.497 e. The Kier molecular flexibility index (Phi) is 5.45. The van der Waals surface area contributed by atoms with E-state index in [9.17, 15) is 4.79 Å². The summed E-state index contributed by atoms with van der Waals surface area (Å²) in [5, 5.41) is 0. The van der Waals surface area contributed by atoms with Gasteiger partial charge in [-0.05, 0) is 54.8 Å². The zero-order valence-corrected chi connectivity index (χ0v) is 13.9. The van der Waals surface area contributed by atoms with Crippen molar-refractivity contribution in [3.63, 3.8) is 0 Å². The van der Waals surface area contributed by atoms with Crippen molar-refractivity contribution in [3.05, 3.63) is 59.2 Å². The molecule has 4 heteroatoms. The van der Waals surface area contributed by atoms with E-state index in [1.807, 2.05) is 50.2 Å². The molecule has 0 fully saturated rings. The summed E-state index contributed by atoms with van der Waals surface area (Å²) in [6.07, 6.45) is 0. The van der Waals surface area contributed by atoms with Crippen LogP contribution in [0.15, 0.2) is 42.5 Å². The van der Waals surface area contributed by atoms with Gasteiger partial charge in [0, 0.05) is 5.69 Å². The number of hydrogen-bond donors (Lipinski definition) is 0. The number of aryl methyl sites for hydroxylation is 2. The van der Waals surface area contributed by atoms with Gasteiger partial charge >= 0.3 is 0 Å². The summed E-state index contributed by atoms with van der Waals surface area (Å²) in [6, 6.07) is 13.8. The first-order valence-corrected chi connectivity index (χ1v) is 7.64. The Labute approximate surface area is 136 Å². The average molecular weight is 318 g/mol. The first kappa shape index (κ1) is 16.4. The van der Waals surface area contributed by atoms with Crippen molar-refractivity contribution in [2.75, 3.05) is 17.9 Å². The van der Waals surface area contributed by atoms with Gasteiger partial charge in [-0.2, -0.15) is 0 Å². The van der Waals surface area contributed by atoms with Crippen molar-refractivity contribution >= 4 is 23.2 Å². The van der Waals surface area contributed by atoms with Crippen LogP contribution in [0.25, 0.3) is 0 Å². The quantitative estimate of drug-likeness (QED) is 0.778. The minimum Gasteiger partial charge on any atom is -0.497 e. The summed E-state index contributed by atoms with van der Waals surface area (Å²) in [7, 11) is 1.63. The number of anilines is 1. The number of benzene rings is 2. The SMILES string of the molecule is COc1cccc(CN(C(=O)CCl)c2cc(C)cc(C)c2)c1. The van der Waals surface area contributed by atoms with Gasteiger partial charge in [-0.25, -0.2) is 0 Å². The number of hydrogen-bond acceptors (Lipinski definition) is 2. The Morgan fingerprint density at radius 1 is 1.14 bits per heavy atom. The Hall–Kier alpha value is -2.00. The van der Waals surface area contributed by atoms with E-state index in [0.29, 0.717) is 6.54 Å². The van der Waals surface area contributed by atoms with Gasteiger partial charge in [0.25, 0.3) is 0 Å². The van der Waals surface area contributed by atoms with Gasteiger partial charge < -0.3 is 9.64 Å². The third-order valence-corrected chi connectivity index (χ3v) is 3.64. The molecule has 2 rings (SSSR count). The number of carbonyl (C=O) groups is 1. The fraction of sp³-hybridized carbons (Fsp3) is 0.278. The average Bonchev–Trinajstić information content (AvgIpc) is 2.51. The lowest BCUT2D eigenvalue weighted by molar-refractivity contribution is -0.116. The molecular weight excluding hydrogens is 298 g/mol. The summed E-state index contributed by atoms with van der Waals surface area (Å²) in [5.41, 5.74) is 4.10. The Morgan fingerprint density at radius 3 is 2.41 bits per heavy atom. The van der Waals surface area contributed by atoms with E-state index in [4.69, 9.17) is 16.3 Å². The molecule has 0 aromatic heterocycles. The van der Waals surface area contributed by atoms with Crippen LogP contribution in [0.5, 0.6) is 5.75 Å². The number of alkyl halides is 1. The molecule has 0 saturated heterocycles. The molecule has 0 aliphatic rings. The molecule has 0 unspecified atom stereocenters. The minimum atomic E-state index is -0.116. The van der Waals surface area contributed by atoms with E-state index >= 15 is 0 Å². The number of ether oxygens (including phenoxy) is 1. The lowest BCUT2D eigenvalue weighted by Crippen LogP contribution is -2.31. The molecule has 0 spiro atoms. The maximum Gasteiger partial charge on any atom is 0.242 e. The molecule has 0 atom stereocenters. The van der Waals surface area contributed by atoms with Crippen LogP contribution in [0, 0.1) is 13.8 Å². The zero-order valence-electron chi connectivity index (χ0n) is 13.1. The van der Waals surface area contributed by atoms with Gasteiger partial charge in [0.05, 0.1) is 13.7 Å². The highest BCUT2D eigenvalue weighted by Crippen LogP contribution is 2.23. The highest BCUT2D eigenvalue weighted by molar-refractivity contribution is 6.29. The van der Waals surface area contributed by atoms with Crippen molar-refractivity contribution in [2.45, 2.75) is 20.4 Å². The summed E-state index contributed by atoms with van der Waals surface area (Å²) in [6.45, 7) is 4.50. The van der Waals surface area contributed by atoms with Crippen LogP contribution in [0.1, 0.15) is 16.7 Å². The molecule has 2 aromatic rings. The Balaban J connectivity index is 2.35. The molecule has 2 aromatic carbocycles. The predicted octanol–water partition coefficient (Wildman–Crippen LogP) is 4.08. The number of rotatable bonds is 5. The van der Waals surface area contributed by atoms with Crippen molar-refractivity contribution in [2.24, 2.45) is 0 Å². The molecular formula is C18H20ClNO2. The molecule has 0 heterocycles.